The van der Waals surface area contributed by atoms with Crippen LogP contribution in [0.15, 0.2) is 48.0 Å². The van der Waals surface area contributed by atoms with E-state index in [0.717, 1.165) is 10.6 Å². The number of hydrogen-bond donors (Lipinski definition) is 2. The largest absolute Gasteiger partial charge is 0.508 e. The molecule has 1 atom stereocenters. The number of rotatable bonds is 8. The van der Waals surface area contributed by atoms with E-state index in [1.165, 1.54) is 18.2 Å². The lowest BCUT2D eigenvalue weighted by molar-refractivity contribution is 0.0182. The molecule has 0 fully saturated rings. The first-order valence-electron chi connectivity index (χ1n) is 8.81. The monoisotopic (exact) mass is 401 g/mol. The van der Waals surface area contributed by atoms with E-state index in [0.29, 0.717) is 23.5 Å². The molecule has 0 aliphatic heterocycles. The number of ether oxygens (including phenoxy) is 3. The standard InChI is InChI=1S/C21H23NO5S/c1-4-21(26-3,20-22-9-10-28-20)15-5-8-18(19(12-15)25-2)27-13-14-11-16(23)6-7-17(14)24/h5-12,23-24H,4,13H2,1-3H3. The molecule has 6 nitrogen and oxygen atoms in total. The van der Waals surface area contributed by atoms with Crippen molar-refractivity contribution in [1.29, 1.82) is 0 Å². The van der Waals surface area contributed by atoms with Gasteiger partial charge in [-0.25, -0.2) is 4.98 Å². The number of methoxy groups -OCH3 is 2. The van der Waals surface area contributed by atoms with Crippen LogP contribution in [0.4, 0.5) is 0 Å². The van der Waals surface area contributed by atoms with Crippen molar-refractivity contribution in [3.05, 3.63) is 64.1 Å². The second kappa shape index (κ2) is 8.50. The van der Waals surface area contributed by atoms with Gasteiger partial charge in [0.05, 0.1) is 7.11 Å². The summed E-state index contributed by atoms with van der Waals surface area (Å²) < 4.78 is 17.3. The third-order valence-corrected chi connectivity index (χ3v) is 5.62. The van der Waals surface area contributed by atoms with Crippen LogP contribution in [0.5, 0.6) is 23.0 Å². The molecule has 0 amide bonds. The van der Waals surface area contributed by atoms with Crippen molar-refractivity contribution in [3.63, 3.8) is 0 Å². The maximum atomic E-state index is 9.92. The van der Waals surface area contributed by atoms with Crippen LogP contribution in [0.3, 0.4) is 0 Å². The van der Waals surface area contributed by atoms with Gasteiger partial charge in [-0.1, -0.05) is 13.0 Å². The van der Waals surface area contributed by atoms with Gasteiger partial charge in [-0.2, -0.15) is 0 Å². The molecule has 0 bridgehead atoms. The third-order valence-electron chi connectivity index (χ3n) is 4.70. The Morgan fingerprint density at radius 2 is 1.89 bits per heavy atom. The molecular formula is C21H23NO5S. The van der Waals surface area contributed by atoms with Gasteiger partial charge < -0.3 is 24.4 Å². The lowest BCUT2D eigenvalue weighted by Crippen LogP contribution is -2.29. The summed E-state index contributed by atoms with van der Waals surface area (Å²) >= 11 is 1.54. The van der Waals surface area contributed by atoms with Crippen molar-refractivity contribution in [3.8, 4) is 23.0 Å². The van der Waals surface area contributed by atoms with E-state index in [1.807, 2.05) is 30.5 Å². The predicted octanol–water partition coefficient (Wildman–Crippen LogP) is 4.44. The van der Waals surface area contributed by atoms with Gasteiger partial charge in [0.2, 0.25) is 0 Å². The molecule has 3 rings (SSSR count). The number of thiazole rings is 1. The van der Waals surface area contributed by atoms with Crippen LogP contribution >= 0.6 is 11.3 Å². The van der Waals surface area contributed by atoms with Crippen LogP contribution in [0.25, 0.3) is 0 Å². The minimum Gasteiger partial charge on any atom is -0.508 e. The Bertz CT molecular complexity index is 923. The topological polar surface area (TPSA) is 81.0 Å². The lowest BCUT2D eigenvalue weighted by atomic mass is 9.91. The molecule has 1 aromatic heterocycles. The summed E-state index contributed by atoms with van der Waals surface area (Å²) in [6, 6.07) is 9.93. The Morgan fingerprint density at radius 1 is 1.07 bits per heavy atom. The quantitative estimate of drug-likeness (QED) is 0.543. The van der Waals surface area contributed by atoms with Gasteiger partial charge in [-0.3, -0.25) is 0 Å². The van der Waals surface area contributed by atoms with E-state index in [2.05, 4.69) is 4.98 Å². The molecule has 1 heterocycles. The third kappa shape index (κ3) is 3.76. The first kappa shape index (κ1) is 20.0. The smallest absolute Gasteiger partial charge is 0.161 e. The summed E-state index contributed by atoms with van der Waals surface area (Å²) in [5, 5.41) is 22.3. The summed E-state index contributed by atoms with van der Waals surface area (Å²) in [7, 11) is 3.24. The second-order valence-electron chi connectivity index (χ2n) is 6.19. The Kier molecular flexibility index (Phi) is 6.06. The first-order valence-corrected chi connectivity index (χ1v) is 9.69. The van der Waals surface area contributed by atoms with E-state index >= 15 is 0 Å². The van der Waals surface area contributed by atoms with E-state index in [9.17, 15) is 10.2 Å². The maximum absolute atomic E-state index is 9.92. The fourth-order valence-electron chi connectivity index (χ4n) is 3.13. The van der Waals surface area contributed by atoms with Crippen molar-refractivity contribution in [2.75, 3.05) is 14.2 Å². The van der Waals surface area contributed by atoms with Crippen molar-refractivity contribution >= 4 is 11.3 Å². The van der Waals surface area contributed by atoms with Gasteiger partial charge in [0.1, 0.15) is 28.7 Å². The SMILES string of the molecule is CCC(OC)(c1ccc(OCc2cc(O)ccc2O)c(OC)c1)c1nccs1. The summed E-state index contributed by atoms with van der Waals surface area (Å²) in [6.07, 6.45) is 2.47. The Balaban J connectivity index is 1.90. The molecule has 0 saturated heterocycles. The maximum Gasteiger partial charge on any atom is 0.161 e. The molecule has 28 heavy (non-hydrogen) atoms. The molecular weight excluding hydrogens is 378 g/mol. The molecule has 7 heteroatoms. The minimum atomic E-state index is -0.663. The molecule has 0 spiro atoms. The number of aromatic nitrogens is 1. The molecule has 0 saturated carbocycles. The van der Waals surface area contributed by atoms with Gasteiger partial charge >= 0.3 is 0 Å². The van der Waals surface area contributed by atoms with E-state index in [4.69, 9.17) is 14.2 Å². The molecule has 2 N–H and O–H groups in total. The highest BCUT2D eigenvalue weighted by molar-refractivity contribution is 7.09. The highest BCUT2D eigenvalue weighted by atomic mass is 32.1. The van der Waals surface area contributed by atoms with Gasteiger partial charge in [0.15, 0.2) is 11.5 Å². The molecule has 2 aromatic carbocycles. The number of nitrogens with zero attached hydrogens (tertiary/aromatic N) is 1. The number of benzene rings is 2. The number of aromatic hydroxyl groups is 2. The first-order chi connectivity index (χ1) is 13.5. The zero-order chi connectivity index (χ0) is 20.1. The van der Waals surface area contributed by atoms with Crippen molar-refractivity contribution in [2.45, 2.75) is 25.6 Å². The highest BCUT2D eigenvalue weighted by Gasteiger charge is 2.35. The lowest BCUT2D eigenvalue weighted by Gasteiger charge is -2.30. The second-order valence-corrected chi connectivity index (χ2v) is 7.08. The van der Waals surface area contributed by atoms with Crippen molar-refractivity contribution in [2.24, 2.45) is 0 Å². The van der Waals surface area contributed by atoms with Crippen molar-refractivity contribution < 1.29 is 24.4 Å². The van der Waals surface area contributed by atoms with Crippen LogP contribution in [-0.4, -0.2) is 29.4 Å². The zero-order valence-electron chi connectivity index (χ0n) is 16.0. The van der Waals surface area contributed by atoms with Gasteiger partial charge in [-0.15, -0.1) is 11.3 Å². The molecule has 0 radical (unpaired) electrons. The molecule has 148 valence electrons. The number of phenols is 2. The average Bonchev–Trinajstić information content (AvgIpc) is 3.25. The van der Waals surface area contributed by atoms with E-state index in [-0.39, 0.29) is 18.1 Å². The Morgan fingerprint density at radius 3 is 2.54 bits per heavy atom. The van der Waals surface area contributed by atoms with Gasteiger partial charge in [-0.05, 0) is 42.3 Å². The van der Waals surface area contributed by atoms with Gasteiger partial charge in [0, 0.05) is 24.3 Å². The molecule has 0 aliphatic carbocycles. The number of hydrogen-bond acceptors (Lipinski definition) is 7. The fraction of sp³-hybridized carbons (Fsp3) is 0.286. The van der Waals surface area contributed by atoms with Crippen LogP contribution in [-0.2, 0) is 16.9 Å². The van der Waals surface area contributed by atoms with Crippen LogP contribution < -0.4 is 9.47 Å². The summed E-state index contributed by atoms with van der Waals surface area (Å²) in [6.45, 7) is 2.14. The van der Waals surface area contributed by atoms with E-state index < -0.39 is 5.60 Å². The molecule has 3 aromatic rings. The fourth-order valence-corrected chi connectivity index (χ4v) is 4.04. The summed E-state index contributed by atoms with van der Waals surface area (Å²) in [5.41, 5.74) is 0.731. The van der Waals surface area contributed by atoms with Crippen LogP contribution in [0.1, 0.15) is 29.5 Å². The number of phenolic OH excluding ortho intramolecular Hbond substituents is 2. The van der Waals surface area contributed by atoms with Gasteiger partial charge in [0.25, 0.3) is 0 Å². The Labute approximate surface area is 168 Å². The van der Waals surface area contributed by atoms with Crippen LogP contribution in [0, 0.1) is 0 Å². The Hall–Kier alpha value is -2.77. The van der Waals surface area contributed by atoms with Crippen molar-refractivity contribution in [1.82, 2.24) is 4.98 Å². The van der Waals surface area contributed by atoms with Crippen LogP contribution in [0.2, 0.25) is 0 Å². The molecule has 1 unspecified atom stereocenters. The minimum absolute atomic E-state index is 0.0570. The summed E-state index contributed by atoms with van der Waals surface area (Å²) in [4.78, 5) is 4.45. The highest BCUT2D eigenvalue weighted by Crippen LogP contribution is 2.41. The zero-order valence-corrected chi connectivity index (χ0v) is 16.8. The average molecular weight is 401 g/mol. The normalized spacial score (nSPS) is 13.1. The molecule has 0 aliphatic rings. The predicted molar refractivity (Wildman–Crippen MR) is 107 cm³/mol. The van der Waals surface area contributed by atoms with E-state index in [1.54, 1.807) is 31.8 Å². The summed E-state index contributed by atoms with van der Waals surface area (Å²) in [5.74, 6) is 1.19.